The monoisotopic (exact) mass is 287 g/mol. The van der Waals surface area contributed by atoms with Gasteiger partial charge in [0.05, 0.1) is 11.5 Å². The molecule has 1 aromatic rings. The average Bonchev–Trinajstić information content (AvgIpc) is 2.33. The summed E-state index contributed by atoms with van der Waals surface area (Å²) in [6.07, 6.45) is 0. The summed E-state index contributed by atoms with van der Waals surface area (Å²) in [5.41, 5.74) is 6.83. The predicted molar refractivity (Wildman–Crippen MR) is 76.6 cm³/mol. The largest absolute Gasteiger partial charge is 0.399 e. The molecule has 0 radical (unpaired) electrons. The van der Waals surface area contributed by atoms with Gasteiger partial charge in [0.1, 0.15) is 0 Å². The normalized spacial score (nSPS) is 11.5. The minimum absolute atomic E-state index is 0.0253. The lowest BCUT2D eigenvalue weighted by Crippen LogP contribution is -2.27. The van der Waals surface area contributed by atoms with Crippen LogP contribution in [0.15, 0.2) is 23.1 Å². The molecule has 0 unspecified atom stereocenters. The molecule has 108 valence electrons. The third-order valence-electron chi connectivity index (χ3n) is 2.70. The molecule has 0 aliphatic rings. The zero-order valence-corrected chi connectivity index (χ0v) is 12.1. The molecule has 4 N–H and O–H groups in total. The minimum atomic E-state index is -3.75. The molecule has 0 heterocycles. The van der Waals surface area contributed by atoms with E-state index in [-0.39, 0.29) is 4.90 Å². The molecular weight excluding hydrogens is 266 g/mol. The molecule has 0 spiro atoms. The summed E-state index contributed by atoms with van der Waals surface area (Å²) in [5, 5.41) is 5.13. The Hall–Kier alpha value is -1.31. The van der Waals surface area contributed by atoms with Gasteiger partial charge in [0.25, 0.3) is 0 Å². The van der Waals surface area contributed by atoms with Crippen molar-refractivity contribution >= 4 is 21.4 Å². The zero-order valence-electron chi connectivity index (χ0n) is 11.3. The van der Waals surface area contributed by atoms with Crippen LogP contribution in [-0.4, -0.2) is 34.7 Å². The Morgan fingerprint density at radius 1 is 1.26 bits per heavy atom. The van der Waals surface area contributed by atoms with E-state index < -0.39 is 10.0 Å². The molecule has 0 bridgehead atoms. The van der Waals surface area contributed by atoms with Crippen LogP contribution in [-0.2, 0) is 14.8 Å². The van der Waals surface area contributed by atoms with E-state index in [1.54, 1.807) is 6.07 Å². The fourth-order valence-electron chi connectivity index (χ4n) is 1.74. The number of hydrogen-bond donors (Lipinski definition) is 2. The summed E-state index contributed by atoms with van der Waals surface area (Å²) in [5.74, 6) is 0. The molecule has 0 saturated carbocycles. The first-order chi connectivity index (χ1) is 8.88. The van der Waals surface area contributed by atoms with E-state index in [2.05, 4.69) is 0 Å². The smallest absolute Gasteiger partial charge is 0.238 e. The number of likely N-dealkylation sites (N-methyl/N-ethyl adjacent to an activating group) is 1. The average molecular weight is 287 g/mol. The molecule has 19 heavy (non-hydrogen) atoms. The van der Waals surface area contributed by atoms with Gasteiger partial charge in [0, 0.05) is 31.1 Å². The second-order valence-electron chi connectivity index (χ2n) is 4.08. The highest BCUT2D eigenvalue weighted by molar-refractivity contribution is 7.89. The number of primary sulfonamides is 1. The van der Waals surface area contributed by atoms with Crippen molar-refractivity contribution in [1.82, 2.24) is 0 Å². The fraction of sp³-hybridized carbons (Fsp3) is 0.500. The minimum Gasteiger partial charge on any atom is -0.399 e. The van der Waals surface area contributed by atoms with E-state index >= 15 is 0 Å². The Balaban J connectivity index is 3.00. The van der Waals surface area contributed by atoms with Crippen molar-refractivity contribution in [3.05, 3.63) is 18.2 Å². The third kappa shape index (κ3) is 4.70. The van der Waals surface area contributed by atoms with Crippen LogP contribution >= 0.6 is 0 Å². The van der Waals surface area contributed by atoms with Crippen LogP contribution in [0.3, 0.4) is 0 Å². The Labute approximate surface area is 114 Å². The van der Waals surface area contributed by atoms with E-state index in [0.717, 1.165) is 12.2 Å². The maximum atomic E-state index is 11.4. The van der Waals surface area contributed by atoms with Crippen molar-refractivity contribution in [2.24, 2.45) is 5.14 Å². The number of anilines is 2. The van der Waals surface area contributed by atoms with Crippen molar-refractivity contribution < 1.29 is 13.2 Å². The Kier molecular flexibility index (Phi) is 5.59. The SMILES string of the molecule is CCOCCN(CC)c1cc(N)cc(S(N)(=O)=O)c1. The topological polar surface area (TPSA) is 98.7 Å². The second kappa shape index (κ2) is 6.74. The Morgan fingerprint density at radius 2 is 1.95 bits per heavy atom. The highest BCUT2D eigenvalue weighted by Crippen LogP contribution is 2.22. The van der Waals surface area contributed by atoms with E-state index in [1.807, 2.05) is 18.7 Å². The van der Waals surface area contributed by atoms with Gasteiger partial charge in [-0.1, -0.05) is 0 Å². The van der Waals surface area contributed by atoms with Gasteiger partial charge >= 0.3 is 0 Å². The summed E-state index contributed by atoms with van der Waals surface area (Å²) in [4.78, 5) is 2.01. The summed E-state index contributed by atoms with van der Waals surface area (Å²) < 4.78 is 28.1. The van der Waals surface area contributed by atoms with Gasteiger partial charge in [0.2, 0.25) is 10.0 Å². The van der Waals surface area contributed by atoms with E-state index in [9.17, 15) is 8.42 Å². The van der Waals surface area contributed by atoms with E-state index in [4.69, 9.17) is 15.6 Å². The number of benzene rings is 1. The van der Waals surface area contributed by atoms with Gasteiger partial charge in [0.15, 0.2) is 0 Å². The van der Waals surface area contributed by atoms with Crippen LogP contribution in [0.5, 0.6) is 0 Å². The fourth-order valence-corrected chi connectivity index (χ4v) is 2.33. The summed E-state index contributed by atoms with van der Waals surface area (Å²) >= 11 is 0. The maximum Gasteiger partial charge on any atom is 0.238 e. The predicted octanol–water partition coefficient (Wildman–Crippen LogP) is 0.779. The standard InChI is InChI=1S/C12H21N3O3S/c1-3-15(5-6-18-4-2)11-7-10(13)8-12(9-11)19(14,16)17/h7-9H,3-6,13H2,1-2H3,(H2,14,16,17). The molecule has 7 heteroatoms. The number of rotatable bonds is 7. The highest BCUT2D eigenvalue weighted by Gasteiger charge is 2.13. The lowest BCUT2D eigenvalue weighted by atomic mass is 10.2. The number of nitrogens with two attached hydrogens (primary N) is 2. The van der Waals surface area contributed by atoms with Crippen LogP contribution in [0, 0.1) is 0 Å². The number of ether oxygens (including phenoxy) is 1. The van der Waals surface area contributed by atoms with Crippen LogP contribution in [0.4, 0.5) is 11.4 Å². The third-order valence-corrected chi connectivity index (χ3v) is 3.59. The maximum absolute atomic E-state index is 11.4. The van der Waals surface area contributed by atoms with E-state index in [1.165, 1.54) is 12.1 Å². The van der Waals surface area contributed by atoms with Gasteiger partial charge in [-0.3, -0.25) is 0 Å². The molecule has 0 aliphatic carbocycles. The van der Waals surface area contributed by atoms with E-state index in [0.29, 0.717) is 25.4 Å². The first-order valence-electron chi connectivity index (χ1n) is 6.14. The van der Waals surface area contributed by atoms with Gasteiger partial charge in [-0.15, -0.1) is 0 Å². The summed E-state index contributed by atoms with van der Waals surface area (Å²) in [6, 6.07) is 4.61. The van der Waals surface area contributed by atoms with Crippen molar-refractivity contribution in [3.63, 3.8) is 0 Å². The lowest BCUT2D eigenvalue weighted by molar-refractivity contribution is 0.154. The van der Waals surface area contributed by atoms with Crippen molar-refractivity contribution in [3.8, 4) is 0 Å². The molecule has 1 rings (SSSR count). The quantitative estimate of drug-likeness (QED) is 0.570. The molecule has 0 saturated heterocycles. The number of nitrogen functional groups attached to an aromatic ring is 1. The summed E-state index contributed by atoms with van der Waals surface area (Å²) in [6.45, 7) is 6.51. The van der Waals surface area contributed by atoms with Gasteiger partial charge in [-0.2, -0.15) is 0 Å². The summed E-state index contributed by atoms with van der Waals surface area (Å²) in [7, 11) is -3.75. The molecule has 0 fully saturated rings. The zero-order chi connectivity index (χ0) is 14.5. The number of nitrogens with zero attached hydrogens (tertiary/aromatic N) is 1. The molecule has 1 aromatic carbocycles. The second-order valence-corrected chi connectivity index (χ2v) is 5.64. The van der Waals surface area contributed by atoms with Crippen LogP contribution in [0.1, 0.15) is 13.8 Å². The molecular formula is C12H21N3O3S. The van der Waals surface area contributed by atoms with Gasteiger partial charge in [-0.25, -0.2) is 13.6 Å². The number of hydrogen-bond acceptors (Lipinski definition) is 5. The van der Waals surface area contributed by atoms with Crippen molar-refractivity contribution in [2.45, 2.75) is 18.7 Å². The molecule has 0 amide bonds. The first-order valence-corrected chi connectivity index (χ1v) is 7.69. The molecule has 0 atom stereocenters. The molecule has 6 nitrogen and oxygen atoms in total. The van der Waals surface area contributed by atoms with Crippen molar-refractivity contribution in [2.75, 3.05) is 36.9 Å². The van der Waals surface area contributed by atoms with Gasteiger partial charge in [-0.05, 0) is 32.0 Å². The molecule has 0 aliphatic heterocycles. The first kappa shape index (κ1) is 15.7. The Morgan fingerprint density at radius 3 is 2.47 bits per heavy atom. The highest BCUT2D eigenvalue weighted by atomic mass is 32.2. The molecule has 0 aromatic heterocycles. The van der Waals surface area contributed by atoms with Crippen LogP contribution < -0.4 is 15.8 Å². The van der Waals surface area contributed by atoms with Gasteiger partial charge < -0.3 is 15.4 Å². The van der Waals surface area contributed by atoms with Crippen LogP contribution in [0.2, 0.25) is 0 Å². The van der Waals surface area contributed by atoms with Crippen LogP contribution in [0.25, 0.3) is 0 Å². The Bertz CT molecular complexity index is 517. The van der Waals surface area contributed by atoms with Crippen molar-refractivity contribution in [1.29, 1.82) is 0 Å². The number of sulfonamides is 1. The lowest BCUT2D eigenvalue weighted by Gasteiger charge is -2.23.